The van der Waals surface area contributed by atoms with E-state index in [1.807, 2.05) is 37.3 Å². The molecule has 2 aromatic carbocycles. The van der Waals surface area contributed by atoms with Crippen molar-refractivity contribution in [3.05, 3.63) is 64.7 Å². The second kappa shape index (κ2) is 6.40. The van der Waals surface area contributed by atoms with Gasteiger partial charge < -0.3 is 10.6 Å². The van der Waals surface area contributed by atoms with Crippen molar-refractivity contribution in [2.45, 2.75) is 33.1 Å². The number of aryl methyl sites for hydroxylation is 3. The van der Waals surface area contributed by atoms with Gasteiger partial charge in [-0.25, -0.2) is 10.9 Å². The molecule has 1 heterocycles. The molecule has 5 heteroatoms. The van der Waals surface area contributed by atoms with E-state index in [1.165, 1.54) is 16.7 Å². The summed E-state index contributed by atoms with van der Waals surface area (Å²) >= 11 is 0. The van der Waals surface area contributed by atoms with Crippen molar-refractivity contribution in [3.8, 4) is 0 Å². The topological polar surface area (TPSA) is 65.2 Å². The van der Waals surface area contributed by atoms with Crippen LogP contribution in [0.2, 0.25) is 0 Å². The quantitative estimate of drug-likeness (QED) is 0.702. The van der Waals surface area contributed by atoms with Crippen LogP contribution in [0.5, 0.6) is 0 Å². The number of amides is 1. The molecule has 23 heavy (non-hydrogen) atoms. The van der Waals surface area contributed by atoms with Gasteiger partial charge in [-0.05, 0) is 49.6 Å². The van der Waals surface area contributed by atoms with E-state index in [0.29, 0.717) is 0 Å². The largest absolute Gasteiger partial charge is 0.352 e. The maximum Gasteiger partial charge on any atom is 0.245 e. The molecule has 1 saturated heterocycles. The Hall–Kier alpha value is -2.37. The molecular weight excluding hydrogens is 288 g/mol. The first-order valence-electron chi connectivity index (χ1n) is 7.75. The van der Waals surface area contributed by atoms with Crippen LogP contribution < -0.4 is 21.5 Å². The molecule has 0 radical (unpaired) electrons. The standard InChI is InChI=1S/C18H22N4O/c1-11-4-7-14(8-5-11)16-17(23)20-18(22-21-16)19-15-9-6-12(2)13(3)10-15/h4-10,16,18-19,21-22H,1-3H3,(H,20,23). The number of hydrogen-bond donors (Lipinski definition) is 4. The van der Waals surface area contributed by atoms with E-state index in [9.17, 15) is 4.79 Å². The molecule has 1 amide bonds. The van der Waals surface area contributed by atoms with Gasteiger partial charge in [0.25, 0.3) is 0 Å². The molecule has 1 aliphatic rings. The first-order chi connectivity index (χ1) is 11.0. The van der Waals surface area contributed by atoms with Crippen LogP contribution in [0.3, 0.4) is 0 Å². The molecule has 0 aromatic heterocycles. The lowest BCUT2D eigenvalue weighted by atomic mass is 10.0. The number of carbonyl (C=O) groups is 1. The van der Waals surface area contributed by atoms with Crippen LogP contribution in [-0.4, -0.2) is 12.2 Å². The van der Waals surface area contributed by atoms with Gasteiger partial charge in [0.1, 0.15) is 6.04 Å². The Kier molecular flexibility index (Phi) is 4.32. The molecule has 0 spiro atoms. The van der Waals surface area contributed by atoms with E-state index in [0.717, 1.165) is 11.3 Å². The van der Waals surface area contributed by atoms with Crippen LogP contribution in [0.4, 0.5) is 5.69 Å². The fraction of sp³-hybridized carbons (Fsp3) is 0.278. The average Bonchev–Trinajstić information content (AvgIpc) is 2.52. The number of hydrogen-bond acceptors (Lipinski definition) is 4. The second-order valence-electron chi connectivity index (χ2n) is 6.02. The van der Waals surface area contributed by atoms with E-state index in [4.69, 9.17) is 0 Å². The number of benzene rings is 2. The molecule has 0 saturated carbocycles. The molecule has 2 aromatic rings. The number of nitrogens with one attached hydrogen (secondary N) is 4. The zero-order chi connectivity index (χ0) is 16.4. The smallest absolute Gasteiger partial charge is 0.245 e. The Bertz CT molecular complexity index is 711. The van der Waals surface area contributed by atoms with E-state index < -0.39 is 6.04 Å². The third-order valence-corrected chi connectivity index (χ3v) is 4.15. The minimum Gasteiger partial charge on any atom is -0.352 e. The normalized spacial score (nSPS) is 20.9. The van der Waals surface area contributed by atoms with Gasteiger partial charge in [0.05, 0.1) is 0 Å². The van der Waals surface area contributed by atoms with E-state index in [1.54, 1.807) is 0 Å². The fourth-order valence-corrected chi connectivity index (χ4v) is 2.56. The highest BCUT2D eigenvalue weighted by Crippen LogP contribution is 2.17. The predicted molar refractivity (Wildman–Crippen MR) is 91.7 cm³/mol. The minimum absolute atomic E-state index is 0.0612. The van der Waals surface area contributed by atoms with E-state index in [2.05, 4.69) is 47.5 Å². The van der Waals surface area contributed by atoms with E-state index in [-0.39, 0.29) is 12.2 Å². The van der Waals surface area contributed by atoms with Crippen molar-refractivity contribution < 1.29 is 4.79 Å². The SMILES string of the molecule is Cc1ccc(C2NNC(Nc3ccc(C)c(C)c3)NC2=O)cc1. The summed E-state index contributed by atoms with van der Waals surface area (Å²) in [6.45, 7) is 6.17. The van der Waals surface area contributed by atoms with Gasteiger partial charge >= 0.3 is 0 Å². The van der Waals surface area contributed by atoms with Crippen LogP contribution in [-0.2, 0) is 4.79 Å². The van der Waals surface area contributed by atoms with Gasteiger partial charge in [-0.15, -0.1) is 0 Å². The van der Waals surface area contributed by atoms with Gasteiger partial charge in [-0.2, -0.15) is 0 Å². The lowest BCUT2D eigenvalue weighted by Crippen LogP contribution is -2.64. The number of rotatable bonds is 3. The lowest BCUT2D eigenvalue weighted by Gasteiger charge is -2.32. The Balaban J connectivity index is 1.65. The molecule has 0 aliphatic carbocycles. The molecule has 3 rings (SSSR count). The highest BCUT2D eigenvalue weighted by molar-refractivity contribution is 5.84. The molecule has 120 valence electrons. The van der Waals surface area contributed by atoms with Gasteiger partial charge in [-0.1, -0.05) is 35.9 Å². The van der Waals surface area contributed by atoms with Gasteiger partial charge in [0.15, 0.2) is 6.29 Å². The third kappa shape index (κ3) is 3.52. The van der Waals surface area contributed by atoms with Crippen LogP contribution in [0.15, 0.2) is 42.5 Å². The van der Waals surface area contributed by atoms with Crippen molar-refractivity contribution in [2.75, 3.05) is 5.32 Å². The van der Waals surface area contributed by atoms with Gasteiger partial charge in [0, 0.05) is 5.69 Å². The molecule has 0 bridgehead atoms. The molecule has 2 unspecified atom stereocenters. The first-order valence-corrected chi connectivity index (χ1v) is 7.75. The maximum absolute atomic E-state index is 12.3. The highest BCUT2D eigenvalue weighted by atomic mass is 16.2. The second-order valence-corrected chi connectivity index (χ2v) is 6.02. The molecule has 1 fully saturated rings. The Labute approximate surface area is 136 Å². The summed E-state index contributed by atoms with van der Waals surface area (Å²) in [5.41, 5.74) is 11.7. The fourth-order valence-electron chi connectivity index (χ4n) is 2.56. The summed E-state index contributed by atoms with van der Waals surface area (Å²) in [7, 11) is 0. The molecular formula is C18H22N4O. The Morgan fingerprint density at radius 2 is 1.65 bits per heavy atom. The maximum atomic E-state index is 12.3. The minimum atomic E-state index is -0.395. The molecule has 4 N–H and O–H groups in total. The summed E-state index contributed by atoms with van der Waals surface area (Å²) in [6.07, 6.45) is -0.355. The zero-order valence-electron chi connectivity index (χ0n) is 13.6. The van der Waals surface area contributed by atoms with Crippen molar-refractivity contribution >= 4 is 11.6 Å². The van der Waals surface area contributed by atoms with Crippen LogP contribution in [0.25, 0.3) is 0 Å². The lowest BCUT2D eigenvalue weighted by molar-refractivity contribution is -0.126. The van der Waals surface area contributed by atoms with Crippen LogP contribution in [0.1, 0.15) is 28.3 Å². The zero-order valence-corrected chi connectivity index (χ0v) is 13.6. The van der Waals surface area contributed by atoms with Crippen LogP contribution >= 0.6 is 0 Å². The predicted octanol–water partition coefficient (Wildman–Crippen LogP) is 2.27. The molecule has 5 nitrogen and oxygen atoms in total. The first kappa shape index (κ1) is 15.5. The number of carbonyl (C=O) groups excluding carboxylic acids is 1. The summed E-state index contributed by atoms with van der Waals surface area (Å²) in [5.74, 6) is -0.0612. The summed E-state index contributed by atoms with van der Waals surface area (Å²) in [4.78, 5) is 12.3. The average molecular weight is 310 g/mol. The summed E-state index contributed by atoms with van der Waals surface area (Å²) in [6, 6.07) is 13.7. The molecule has 2 atom stereocenters. The number of anilines is 1. The van der Waals surface area contributed by atoms with Crippen molar-refractivity contribution in [2.24, 2.45) is 0 Å². The van der Waals surface area contributed by atoms with Gasteiger partial charge in [0.2, 0.25) is 5.91 Å². The van der Waals surface area contributed by atoms with Crippen molar-refractivity contribution in [1.29, 1.82) is 0 Å². The Morgan fingerprint density at radius 1 is 0.913 bits per heavy atom. The van der Waals surface area contributed by atoms with Crippen LogP contribution in [0, 0.1) is 20.8 Å². The Morgan fingerprint density at radius 3 is 2.30 bits per heavy atom. The monoisotopic (exact) mass is 310 g/mol. The number of hydrazine groups is 1. The van der Waals surface area contributed by atoms with Gasteiger partial charge in [-0.3, -0.25) is 4.79 Å². The third-order valence-electron chi connectivity index (χ3n) is 4.15. The van der Waals surface area contributed by atoms with Crippen molar-refractivity contribution in [1.82, 2.24) is 16.2 Å². The summed E-state index contributed by atoms with van der Waals surface area (Å²) < 4.78 is 0. The highest BCUT2D eigenvalue weighted by Gasteiger charge is 2.28. The van der Waals surface area contributed by atoms with E-state index >= 15 is 0 Å². The summed E-state index contributed by atoms with van der Waals surface area (Å²) in [5, 5.41) is 6.19. The van der Waals surface area contributed by atoms with Crippen molar-refractivity contribution in [3.63, 3.8) is 0 Å². The molecule has 1 aliphatic heterocycles.